The van der Waals surface area contributed by atoms with E-state index >= 15 is 0 Å². The number of nitrogens with one attached hydrogen (secondary N) is 1. The first-order valence-corrected chi connectivity index (χ1v) is 7.68. The van der Waals surface area contributed by atoms with E-state index < -0.39 is 0 Å². The highest BCUT2D eigenvalue weighted by Crippen LogP contribution is 2.29. The third kappa shape index (κ3) is 2.30. The van der Waals surface area contributed by atoms with Crippen molar-refractivity contribution in [3.8, 4) is 16.9 Å². The molecule has 0 fully saturated rings. The Labute approximate surface area is 133 Å². The second-order valence-electron chi connectivity index (χ2n) is 5.32. The zero-order valence-corrected chi connectivity index (χ0v) is 12.7. The Bertz CT molecular complexity index is 794. The number of hydrogen-bond donors (Lipinski definition) is 1. The summed E-state index contributed by atoms with van der Waals surface area (Å²) in [5.74, 6) is 0. The van der Waals surface area contributed by atoms with Crippen LogP contribution in [0.3, 0.4) is 0 Å². The number of fused-ring (bicyclic) bond motifs is 1. The number of pyridine rings is 1. The monoisotopic (exact) mass is 310 g/mol. The lowest BCUT2D eigenvalue weighted by molar-refractivity contribution is 0.623. The number of halogens is 1. The Balaban J connectivity index is 1.89. The molecule has 4 nitrogen and oxygen atoms in total. The summed E-state index contributed by atoms with van der Waals surface area (Å²) in [6.07, 6.45) is 4.58. The first kappa shape index (κ1) is 13.5. The van der Waals surface area contributed by atoms with Crippen molar-refractivity contribution in [1.29, 1.82) is 0 Å². The fourth-order valence-corrected chi connectivity index (χ4v) is 3.01. The maximum Gasteiger partial charge on any atom is 0.0976 e. The molecule has 4 rings (SSSR count). The van der Waals surface area contributed by atoms with Gasteiger partial charge in [0.1, 0.15) is 0 Å². The molecule has 3 heterocycles. The summed E-state index contributed by atoms with van der Waals surface area (Å²) in [5.41, 5.74) is 5.71. The second-order valence-corrected chi connectivity index (χ2v) is 5.76. The van der Waals surface area contributed by atoms with Gasteiger partial charge in [-0.1, -0.05) is 11.6 Å². The molecule has 1 aliphatic rings. The summed E-state index contributed by atoms with van der Waals surface area (Å²) in [5, 5.41) is 9.04. The zero-order valence-electron chi connectivity index (χ0n) is 12.0. The molecule has 22 heavy (non-hydrogen) atoms. The van der Waals surface area contributed by atoms with Crippen molar-refractivity contribution in [3.05, 3.63) is 65.1 Å². The number of nitrogens with zero attached hydrogens (tertiary/aromatic N) is 3. The molecule has 3 aromatic rings. The van der Waals surface area contributed by atoms with Gasteiger partial charge in [-0.25, -0.2) is 4.68 Å². The molecule has 2 aromatic heterocycles. The molecule has 0 saturated carbocycles. The van der Waals surface area contributed by atoms with Crippen LogP contribution in [0.15, 0.2) is 48.8 Å². The fraction of sp³-hybridized carbons (Fsp3) is 0.176. The Kier molecular flexibility index (Phi) is 3.41. The van der Waals surface area contributed by atoms with Crippen LogP contribution in [0.1, 0.15) is 11.3 Å². The molecule has 0 radical (unpaired) electrons. The molecule has 0 amide bonds. The van der Waals surface area contributed by atoms with E-state index in [1.807, 2.05) is 41.1 Å². The molecule has 1 N–H and O–H groups in total. The molecule has 1 aliphatic heterocycles. The molecule has 0 unspecified atom stereocenters. The number of rotatable bonds is 2. The lowest BCUT2D eigenvalue weighted by Crippen LogP contribution is -2.24. The van der Waals surface area contributed by atoms with Gasteiger partial charge in [0.05, 0.1) is 17.1 Å². The maximum atomic E-state index is 6.00. The van der Waals surface area contributed by atoms with Gasteiger partial charge in [-0.05, 0) is 36.4 Å². The standard InChI is InChI=1S/C17H15ClN4/c18-13-1-3-14(4-2-13)22-16-7-10-20-11-15(16)17(21-22)12-5-8-19-9-6-12/h1-6,8-9,20H,7,10-11H2. The van der Waals surface area contributed by atoms with Gasteiger partial charge in [0, 0.05) is 48.1 Å². The minimum Gasteiger partial charge on any atom is -0.312 e. The van der Waals surface area contributed by atoms with Gasteiger partial charge in [0.2, 0.25) is 0 Å². The molecule has 110 valence electrons. The SMILES string of the molecule is Clc1ccc(-n2nc(-c3ccncc3)c3c2CCNC3)cc1. The van der Waals surface area contributed by atoms with E-state index in [9.17, 15) is 0 Å². The minimum atomic E-state index is 0.737. The average molecular weight is 311 g/mol. The van der Waals surface area contributed by atoms with Crippen molar-refractivity contribution in [3.63, 3.8) is 0 Å². The molecule has 1 aromatic carbocycles. The highest BCUT2D eigenvalue weighted by Gasteiger charge is 2.22. The van der Waals surface area contributed by atoms with Crippen LogP contribution in [0.4, 0.5) is 0 Å². The molecular weight excluding hydrogens is 296 g/mol. The van der Waals surface area contributed by atoms with Gasteiger partial charge in [-0.3, -0.25) is 4.98 Å². The normalized spacial score (nSPS) is 13.9. The Morgan fingerprint density at radius 2 is 1.82 bits per heavy atom. The molecule has 0 saturated heterocycles. The fourth-order valence-electron chi connectivity index (χ4n) is 2.89. The lowest BCUT2D eigenvalue weighted by Gasteiger charge is -2.15. The summed E-state index contributed by atoms with van der Waals surface area (Å²) in [4.78, 5) is 4.09. The van der Waals surface area contributed by atoms with Crippen LogP contribution in [-0.4, -0.2) is 21.3 Å². The summed E-state index contributed by atoms with van der Waals surface area (Å²) in [6.45, 7) is 1.82. The minimum absolute atomic E-state index is 0.737. The molecule has 0 spiro atoms. The largest absolute Gasteiger partial charge is 0.312 e. The van der Waals surface area contributed by atoms with E-state index in [4.69, 9.17) is 16.7 Å². The highest BCUT2D eigenvalue weighted by atomic mass is 35.5. The van der Waals surface area contributed by atoms with E-state index in [2.05, 4.69) is 10.3 Å². The van der Waals surface area contributed by atoms with Crippen molar-refractivity contribution in [2.45, 2.75) is 13.0 Å². The van der Waals surface area contributed by atoms with Crippen molar-refractivity contribution >= 4 is 11.6 Å². The lowest BCUT2D eigenvalue weighted by atomic mass is 10.0. The van der Waals surface area contributed by atoms with Crippen molar-refractivity contribution in [2.24, 2.45) is 0 Å². The average Bonchev–Trinajstić information content (AvgIpc) is 2.96. The predicted molar refractivity (Wildman–Crippen MR) is 87.2 cm³/mol. The van der Waals surface area contributed by atoms with E-state index in [1.165, 1.54) is 11.3 Å². The topological polar surface area (TPSA) is 42.7 Å². The van der Waals surface area contributed by atoms with Crippen molar-refractivity contribution in [2.75, 3.05) is 6.54 Å². The molecule has 0 bridgehead atoms. The zero-order chi connectivity index (χ0) is 14.9. The van der Waals surface area contributed by atoms with Crippen LogP contribution >= 0.6 is 11.6 Å². The Morgan fingerprint density at radius 1 is 1.05 bits per heavy atom. The summed E-state index contributed by atoms with van der Waals surface area (Å²) < 4.78 is 2.04. The van der Waals surface area contributed by atoms with Crippen LogP contribution in [0.2, 0.25) is 5.02 Å². The first-order valence-electron chi connectivity index (χ1n) is 7.31. The summed E-state index contributed by atoms with van der Waals surface area (Å²) in [6, 6.07) is 11.8. The van der Waals surface area contributed by atoms with Gasteiger partial charge in [0.25, 0.3) is 0 Å². The Hall–Kier alpha value is -2.17. The third-order valence-corrected chi connectivity index (χ3v) is 4.21. The number of hydrogen-bond acceptors (Lipinski definition) is 3. The third-order valence-electron chi connectivity index (χ3n) is 3.96. The summed E-state index contributed by atoms with van der Waals surface area (Å²) in [7, 11) is 0. The van der Waals surface area contributed by atoms with Gasteiger partial charge in [-0.2, -0.15) is 5.10 Å². The predicted octanol–water partition coefficient (Wildman–Crippen LogP) is 3.23. The first-order chi connectivity index (χ1) is 10.8. The Morgan fingerprint density at radius 3 is 2.59 bits per heavy atom. The van der Waals surface area contributed by atoms with Crippen molar-refractivity contribution < 1.29 is 0 Å². The maximum absolute atomic E-state index is 6.00. The smallest absolute Gasteiger partial charge is 0.0976 e. The quantitative estimate of drug-likeness (QED) is 0.790. The van der Waals surface area contributed by atoms with E-state index in [0.29, 0.717) is 0 Å². The van der Waals surface area contributed by atoms with E-state index in [0.717, 1.165) is 41.5 Å². The van der Waals surface area contributed by atoms with Crippen LogP contribution in [0, 0.1) is 0 Å². The van der Waals surface area contributed by atoms with Crippen molar-refractivity contribution in [1.82, 2.24) is 20.1 Å². The molecule has 0 atom stereocenters. The van der Waals surface area contributed by atoms with E-state index in [-0.39, 0.29) is 0 Å². The van der Waals surface area contributed by atoms with Crippen LogP contribution < -0.4 is 5.32 Å². The van der Waals surface area contributed by atoms with E-state index in [1.54, 1.807) is 12.4 Å². The number of aromatic nitrogens is 3. The van der Waals surface area contributed by atoms with Gasteiger partial charge < -0.3 is 5.32 Å². The van der Waals surface area contributed by atoms with Crippen LogP contribution in [0.25, 0.3) is 16.9 Å². The van der Waals surface area contributed by atoms with Crippen LogP contribution in [0.5, 0.6) is 0 Å². The van der Waals surface area contributed by atoms with Gasteiger partial charge in [-0.15, -0.1) is 0 Å². The number of benzene rings is 1. The second kappa shape index (κ2) is 5.55. The molecule has 5 heteroatoms. The van der Waals surface area contributed by atoms with Crippen LogP contribution in [-0.2, 0) is 13.0 Å². The molecular formula is C17H15ClN4. The summed E-state index contributed by atoms with van der Waals surface area (Å²) >= 11 is 6.00. The molecule has 0 aliphatic carbocycles. The van der Waals surface area contributed by atoms with Gasteiger partial charge >= 0.3 is 0 Å². The highest BCUT2D eigenvalue weighted by molar-refractivity contribution is 6.30. The van der Waals surface area contributed by atoms with Gasteiger partial charge in [0.15, 0.2) is 0 Å².